The molecule has 1 aromatic carbocycles. The van der Waals surface area contributed by atoms with E-state index in [4.69, 9.17) is 4.74 Å². The van der Waals surface area contributed by atoms with E-state index in [1.807, 2.05) is 6.92 Å². The molecule has 5 heteroatoms. The van der Waals surface area contributed by atoms with Crippen LogP contribution in [-0.2, 0) is 10.2 Å². The van der Waals surface area contributed by atoms with Crippen molar-refractivity contribution in [3.05, 3.63) is 29.8 Å². The van der Waals surface area contributed by atoms with Crippen molar-refractivity contribution in [2.75, 3.05) is 7.11 Å². The van der Waals surface area contributed by atoms with Crippen molar-refractivity contribution in [3.63, 3.8) is 0 Å². The average Bonchev–Trinajstić information content (AvgIpc) is 2.37. The molecule has 21 heavy (non-hydrogen) atoms. The summed E-state index contributed by atoms with van der Waals surface area (Å²) in [6, 6.07) is 5.96. The molecule has 0 aliphatic heterocycles. The molecule has 2 rings (SSSR count). The predicted octanol–water partition coefficient (Wildman–Crippen LogP) is 4.05. The van der Waals surface area contributed by atoms with E-state index in [0.717, 1.165) is 24.8 Å². The molecule has 1 saturated carbocycles. The molecule has 0 spiro atoms. The van der Waals surface area contributed by atoms with Crippen LogP contribution >= 0.6 is 0 Å². The Morgan fingerprint density at radius 2 is 1.86 bits per heavy atom. The first kappa shape index (κ1) is 15.7. The Morgan fingerprint density at radius 3 is 2.33 bits per heavy atom. The van der Waals surface area contributed by atoms with Crippen LogP contribution in [0.3, 0.4) is 0 Å². The van der Waals surface area contributed by atoms with Crippen molar-refractivity contribution in [3.8, 4) is 17.6 Å². The zero-order chi connectivity index (χ0) is 15.5. The summed E-state index contributed by atoms with van der Waals surface area (Å²) in [5, 5.41) is 0. The zero-order valence-corrected chi connectivity index (χ0v) is 12.0. The molecule has 114 valence electrons. The predicted molar refractivity (Wildman–Crippen MR) is 72.9 cm³/mol. The van der Waals surface area contributed by atoms with E-state index >= 15 is 0 Å². The third-order valence-electron chi connectivity index (χ3n) is 3.63. The lowest BCUT2D eigenvalue weighted by Gasteiger charge is -2.43. The SMILES string of the molecule is CCC#CC1(c2ccc(OC(F)(F)F)cc2)CC(OC)C1. The summed E-state index contributed by atoms with van der Waals surface area (Å²) in [4.78, 5) is 0. The monoisotopic (exact) mass is 298 g/mol. The molecule has 0 bridgehead atoms. The van der Waals surface area contributed by atoms with Gasteiger partial charge in [0, 0.05) is 13.5 Å². The van der Waals surface area contributed by atoms with Gasteiger partial charge in [0.2, 0.25) is 0 Å². The number of rotatable bonds is 3. The maximum Gasteiger partial charge on any atom is 0.573 e. The maximum atomic E-state index is 12.2. The summed E-state index contributed by atoms with van der Waals surface area (Å²) in [5.41, 5.74) is 0.597. The van der Waals surface area contributed by atoms with Crippen molar-refractivity contribution in [1.29, 1.82) is 0 Å². The molecule has 1 aliphatic carbocycles. The van der Waals surface area contributed by atoms with Gasteiger partial charge in [0.1, 0.15) is 5.75 Å². The van der Waals surface area contributed by atoms with E-state index in [9.17, 15) is 13.2 Å². The van der Waals surface area contributed by atoms with Crippen LogP contribution in [0.25, 0.3) is 0 Å². The van der Waals surface area contributed by atoms with Crippen LogP contribution in [-0.4, -0.2) is 19.6 Å². The molecule has 1 aromatic rings. The molecule has 0 atom stereocenters. The summed E-state index contributed by atoms with van der Waals surface area (Å²) < 4.78 is 45.6. The van der Waals surface area contributed by atoms with Gasteiger partial charge in [-0.25, -0.2) is 0 Å². The fourth-order valence-electron chi connectivity index (χ4n) is 2.53. The standard InChI is InChI=1S/C16H17F3O2/c1-3-4-9-15(10-14(11-15)20-2)12-5-7-13(8-6-12)21-16(17,18)19/h5-8,14H,3,10-11H2,1-2H3. The van der Waals surface area contributed by atoms with Crippen molar-refractivity contribution in [2.24, 2.45) is 0 Å². The fourth-order valence-corrected chi connectivity index (χ4v) is 2.53. The lowest BCUT2D eigenvalue weighted by Crippen LogP contribution is -2.44. The summed E-state index contributed by atoms with van der Waals surface area (Å²) in [5.74, 6) is 6.09. The average molecular weight is 298 g/mol. The molecule has 0 radical (unpaired) electrons. The molecule has 0 amide bonds. The first-order valence-electron chi connectivity index (χ1n) is 6.77. The smallest absolute Gasteiger partial charge is 0.406 e. The second-order valence-electron chi connectivity index (χ2n) is 5.08. The Morgan fingerprint density at radius 1 is 1.24 bits per heavy atom. The van der Waals surface area contributed by atoms with E-state index in [1.54, 1.807) is 19.2 Å². The number of methoxy groups -OCH3 is 1. The highest BCUT2D eigenvalue weighted by Gasteiger charge is 2.44. The largest absolute Gasteiger partial charge is 0.573 e. The Kier molecular flexibility index (Phi) is 4.48. The first-order valence-corrected chi connectivity index (χ1v) is 6.77. The third kappa shape index (κ3) is 3.70. The Labute approximate surface area is 122 Å². The van der Waals surface area contributed by atoms with Gasteiger partial charge in [-0.05, 0) is 30.5 Å². The fraction of sp³-hybridized carbons (Fsp3) is 0.500. The molecular formula is C16H17F3O2. The van der Waals surface area contributed by atoms with E-state index in [-0.39, 0.29) is 17.3 Å². The van der Waals surface area contributed by atoms with E-state index in [1.165, 1.54) is 12.1 Å². The number of hydrogen-bond acceptors (Lipinski definition) is 2. The van der Waals surface area contributed by atoms with Crippen LogP contribution in [0, 0.1) is 11.8 Å². The normalized spacial score (nSPS) is 24.7. The summed E-state index contributed by atoms with van der Waals surface area (Å²) in [7, 11) is 1.65. The Balaban J connectivity index is 2.19. The molecular weight excluding hydrogens is 281 g/mol. The molecule has 0 saturated heterocycles. The number of ether oxygens (including phenoxy) is 2. The van der Waals surface area contributed by atoms with Crippen molar-refractivity contribution >= 4 is 0 Å². The quantitative estimate of drug-likeness (QED) is 0.784. The van der Waals surface area contributed by atoms with E-state index in [0.29, 0.717) is 0 Å². The maximum absolute atomic E-state index is 12.2. The first-order chi connectivity index (χ1) is 9.88. The van der Waals surface area contributed by atoms with Gasteiger partial charge in [0.15, 0.2) is 0 Å². The van der Waals surface area contributed by atoms with Gasteiger partial charge < -0.3 is 9.47 Å². The van der Waals surface area contributed by atoms with Crippen LogP contribution in [0.5, 0.6) is 5.75 Å². The second-order valence-corrected chi connectivity index (χ2v) is 5.08. The second kappa shape index (κ2) is 5.98. The van der Waals surface area contributed by atoms with Crippen LogP contribution in [0.15, 0.2) is 24.3 Å². The van der Waals surface area contributed by atoms with Crippen LogP contribution in [0.2, 0.25) is 0 Å². The summed E-state index contributed by atoms with van der Waals surface area (Å²) >= 11 is 0. The topological polar surface area (TPSA) is 18.5 Å². The van der Waals surface area contributed by atoms with Gasteiger partial charge in [-0.1, -0.05) is 25.0 Å². The van der Waals surface area contributed by atoms with Gasteiger partial charge in [-0.3, -0.25) is 0 Å². The van der Waals surface area contributed by atoms with Gasteiger partial charge in [0.05, 0.1) is 11.5 Å². The van der Waals surface area contributed by atoms with Crippen molar-refractivity contribution in [2.45, 2.75) is 44.1 Å². The minimum absolute atomic E-state index is 0.155. The zero-order valence-electron chi connectivity index (χ0n) is 12.0. The number of benzene rings is 1. The van der Waals surface area contributed by atoms with E-state index in [2.05, 4.69) is 16.6 Å². The number of halogens is 3. The van der Waals surface area contributed by atoms with Crippen LogP contribution in [0.1, 0.15) is 31.7 Å². The Hall–Kier alpha value is -1.67. The highest BCUT2D eigenvalue weighted by Crippen LogP contribution is 2.45. The van der Waals surface area contributed by atoms with E-state index < -0.39 is 6.36 Å². The van der Waals surface area contributed by atoms with Gasteiger partial charge in [0.25, 0.3) is 0 Å². The minimum atomic E-state index is -4.67. The minimum Gasteiger partial charge on any atom is -0.406 e. The van der Waals surface area contributed by atoms with Crippen LogP contribution in [0.4, 0.5) is 13.2 Å². The lowest BCUT2D eigenvalue weighted by atomic mass is 9.63. The number of hydrogen-bond donors (Lipinski definition) is 0. The molecule has 0 unspecified atom stereocenters. The molecule has 2 nitrogen and oxygen atoms in total. The Bertz CT molecular complexity index is 531. The highest BCUT2D eigenvalue weighted by molar-refractivity contribution is 5.42. The van der Waals surface area contributed by atoms with Crippen LogP contribution < -0.4 is 4.74 Å². The van der Waals surface area contributed by atoms with Crippen molar-refractivity contribution < 1.29 is 22.6 Å². The summed E-state index contributed by atoms with van der Waals surface area (Å²) in [6.07, 6.45) is -2.25. The van der Waals surface area contributed by atoms with Gasteiger partial charge in [-0.2, -0.15) is 0 Å². The third-order valence-corrected chi connectivity index (χ3v) is 3.63. The number of alkyl halides is 3. The molecule has 0 N–H and O–H groups in total. The molecule has 1 fully saturated rings. The van der Waals surface area contributed by atoms with Crippen molar-refractivity contribution in [1.82, 2.24) is 0 Å². The molecule has 0 heterocycles. The lowest BCUT2D eigenvalue weighted by molar-refractivity contribution is -0.274. The molecule has 1 aliphatic rings. The highest BCUT2D eigenvalue weighted by atomic mass is 19.4. The molecule has 0 aromatic heterocycles. The van der Waals surface area contributed by atoms with Gasteiger partial charge >= 0.3 is 6.36 Å². The van der Waals surface area contributed by atoms with Gasteiger partial charge in [-0.15, -0.1) is 19.1 Å². The summed E-state index contributed by atoms with van der Waals surface area (Å²) in [6.45, 7) is 1.97.